The van der Waals surface area contributed by atoms with E-state index < -0.39 is 17.7 Å². The third-order valence-corrected chi connectivity index (χ3v) is 2.09. The fraction of sp³-hybridized carbons (Fsp3) is 0.750. The number of carboxylic acid groups (broad SMARTS) is 1. The van der Waals surface area contributed by atoms with E-state index in [4.69, 9.17) is 10.2 Å². The van der Waals surface area contributed by atoms with Gasteiger partial charge in [0.2, 0.25) is 5.91 Å². The summed E-state index contributed by atoms with van der Waals surface area (Å²) in [6.45, 7) is 1.69. The highest BCUT2D eigenvalue weighted by molar-refractivity contribution is 5.92. The fourth-order valence-corrected chi connectivity index (χ4v) is 1.15. The Balaban J connectivity index is 2.40. The van der Waals surface area contributed by atoms with E-state index in [-0.39, 0.29) is 12.5 Å². The molecule has 0 aliphatic heterocycles. The molecule has 1 atom stereocenters. The zero-order valence-electron chi connectivity index (χ0n) is 7.91. The van der Waals surface area contributed by atoms with Crippen LogP contribution in [-0.4, -0.2) is 40.4 Å². The van der Waals surface area contributed by atoms with E-state index in [0.29, 0.717) is 12.8 Å². The molecule has 0 aromatic heterocycles. The molecule has 4 N–H and O–H groups in total. The Labute approximate surface area is 81.3 Å². The number of hydrogen-bond donors (Lipinski definition) is 4. The standard InChI is InChI=1S/C8H14N2O4/c1-5(11)4-9-6(12)8(2-3-8)10-7(13)14/h5,10-11H,2-4H2,1H3,(H,9,12)(H,13,14). The predicted octanol–water partition coefficient (Wildman–Crippen LogP) is -0.716. The number of amides is 2. The van der Waals surface area contributed by atoms with Gasteiger partial charge in [-0.15, -0.1) is 0 Å². The Morgan fingerprint density at radius 3 is 2.43 bits per heavy atom. The number of rotatable bonds is 4. The first kappa shape index (κ1) is 10.8. The molecule has 1 rings (SSSR count). The SMILES string of the molecule is CC(O)CNC(=O)C1(NC(=O)O)CC1. The van der Waals surface area contributed by atoms with Gasteiger partial charge in [0.1, 0.15) is 5.54 Å². The molecule has 0 aromatic rings. The van der Waals surface area contributed by atoms with Crippen LogP contribution in [0.15, 0.2) is 0 Å². The minimum atomic E-state index is -1.20. The van der Waals surface area contributed by atoms with Gasteiger partial charge in [0, 0.05) is 6.54 Å². The summed E-state index contributed by atoms with van der Waals surface area (Å²) in [4.78, 5) is 21.8. The van der Waals surface area contributed by atoms with E-state index in [1.165, 1.54) is 0 Å². The highest BCUT2D eigenvalue weighted by Gasteiger charge is 2.51. The van der Waals surface area contributed by atoms with Gasteiger partial charge < -0.3 is 20.8 Å². The Morgan fingerprint density at radius 2 is 2.07 bits per heavy atom. The maximum absolute atomic E-state index is 11.4. The van der Waals surface area contributed by atoms with Crippen LogP contribution in [0.5, 0.6) is 0 Å². The second-order valence-electron chi connectivity index (χ2n) is 3.57. The summed E-state index contributed by atoms with van der Waals surface area (Å²) in [5.74, 6) is -0.360. The highest BCUT2D eigenvalue weighted by atomic mass is 16.4. The molecule has 6 nitrogen and oxygen atoms in total. The summed E-state index contributed by atoms with van der Waals surface area (Å²) in [5, 5.41) is 22.0. The van der Waals surface area contributed by atoms with E-state index >= 15 is 0 Å². The van der Waals surface area contributed by atoms with Crippen molar-refractivity contribution in [1.29, 1.82) is 0 Å². The van der Waals surface area contributed by atoms with Crippen molar-refractivity contribution in [2.45, 2.75) is 31.4 Å². The summed E-state index contributed by atoms with van der Waals surface area (Å²) < 4.78 is 0. The largest absolute Gasteiger partial charge is 0.465 e. The van der Waals surface area contributed by atoms with Gasteiger partial charge in [-0.25, -0.2) is 4.79 Å². The molecule has 1 unspecified atom stereocenters. The Hall–Kier alpha value is -1.30. The molecular formula is C8H14N2O4. The summed E-state index contributed by atoms with van der Waals surface area (Å²) in [6, 6.07) is 0. The maximum Gasteiger partial charge on any atom is 0.405 e. The number of carbonyl (C=O) groups excluding carboxylic acids is 1. The number of hydrogen-bond acceptors (Lipinski definition) is 3. The second-order valence-corrected chi connectivity index (χ2v) is 3.57. The van der Waals surface area contributed by atoms with E-state index in [2.05, 4.69) is 10.6 Å². The number of nitrogens with one attached hydrogen (secondary N) is 2. The lowest BCUT2D eigenvalue weighted by molar-refractivity contribution is -0.124. The van der Waals surface area contributed by atoms with Crippen molar-refractivity contribution in [2.24, 2.45) is 0 Å². The van der Waals surface area contributed by atoms with Gasteiger partial charge in [0.05, 0.1) is 6.10 Å². The zero-order chi connectivity index (χ0) is 10.8. The molecule has 0 heterocycles. The summed E-state index contributed by atoms with van der Waals surface area (Å²) in [5.41, 5.74) is -0.944. The summed E-state index contributed by atoms with van der Waals surface area (Å²) in [7, 11) is 0. The van der Waals surface area contributed by atoms with Crippen molar-refractivity contribution in [3.8, 4) is 0 Å². The lowest BCUT2D eigenvalue weighted by Crippen LogP contribution is -2.49. The van der Waals surface area contributed by atoms with Gasteiger partial charge in [-0.1, -0.05) is 0 Å². The lowest BCUT2D eigenvalue weighted by atomic mass is 10.2. The molecular weight excluding hydrogens is 188 g/mol. The molecule has 2 amide bonds. The van der Waals surface area contributed by atoms with Crippen molar-refractivity contribution in [3.05, 3.63) is 0 Å². The van der Waals surface area contributed by atoms with Crippen LogP contribution in [-0.2, 0) is 4.79 Å². The minimum absolute atomic E-state index is 0.141. The molecule has 0 spiro atoms. The maximum atomic E-state index is 11.4. The molecule has 0 aromatic carbocycles. The number of aliphatic hydroxyl groups is 1. The molecule has 0 bridgehead atoms. The smallest absolute Gasteiger partial charge is 0.405 e. The molecule has 1 aliphatic rings. The quantitative estimate of drug-likeness (QED) is 0.483. The first-order valence-corrected chi connectivity index (χ1v) is 4.44. The minimum Gasteiger partial charge on any atom is -0.465 e. The van der Waals surface area contributed by atoms with Gasteiger partial charge in [0.15, 0.2) is 0 Å². The van der Waals surface area contributed by atoms with Crippen LogP contribution in [0.25, 0.3) is 0 Å². The van der Waals surface area contributed by atoms with Crippen LogP contribution in [0.2, 0.25) is 0 Å². The Morgan fingerprint density at radius 1 is 1.50 bits per heavy atom. The van der Waals surface area contributed by atoms with Crippen LogP contribution >= 0.6 is 0 Å². The van der Waals surface area contributed by atoms with Gasteiger partial charge in [0.25, 0.3) is 0 Å². The number of carbonyl (C=O) groups is 2. The monoisotopic (exact) mass is 202 g/mol. The van der Waals surface area contributed by atoms with Crippen molar-refractivity contribution in [2.75, 3.05) is 6.54 Å². The third-order valence-electron chi connectivity index (χ3n) is 2.09. The highest BCUT2D eigenvalue weighted by Crippen LogP contribution is 2.35. The average Bonchev–Trinajstić information content (AvgIpc) is 2.80. The van der Waals surface area contributed by atoms with Crippen molar-refractivity contribution >= 4 is 12.0 Å². The normalized spacial score (nSPS) is 19.6. The predicted molar refractivity (Wildman–Crippen MR) is 47.8 cm³/mol. The molecule has 0 radical (unpaired) electrons. The second kappa shape index (κ2) is 3.83. The van der Waals surface area contributed by atoms with Gasteiger partial charge >= 0.3 is 6.09 Å². The molecule has 6 heteroatoms. The third kappa shape index (κ3) is 2.59. The molecule has 0 saturated heterocycles. The van der Waals surface area contributed by atoms with E-state index in [1.54, 1.807) is 6.92 Å². The van der Waals surface area contributed by atoms with Crippen molar-refractivity contribution in [3.63, 3.8) is 0 Å². The van der Waals surface area contributed by atoms with Crippen LogP contribution in [0.3, 0.4) is 0 Å². The van der Waals surface area contributed by atoms with Crippen LogP contribution < -0.4 is 10.6 Å². The molecule has 1 fully saturated rings. The van der Waals surface area contributed by atoms with E-state index in [0.717, 1.165) is 0 Å². The van der Waals surface area contributed by atoms with E-state index in [9.17, 15) is 9.59 Å². The van der Waals surface area contributed by atoms with Crippen molar-refractivity contribution < 1.29 is 19.8 Å². The fourth-order valence-electron chi connectivity index (χ4n) is 1.15. The average molecular weight is 202 g/mol. The van der Waals surface area contributed by atoms with Gasteiger partial charge in [-0.3, -0.25) is 4.79 Å². The zero-order valence-corrected chi connectivity index (χ0v) is 7.91. The summed E-state index contributed by atoms with van der Waals surface area (Å²) in [6.07, 6.45) is -0.787. The first-order chi connectivity index (χ1) is 6.46. The van der Waals surface area contributed by atoms with Crippen LogP contribution in [0.4, 0.5) is 4.79 Å². The number of aliphatic hydroxyl groups excluding tert-OH is 1. The molecule has 1 saturated carbocycles. The lowest BCUT2D eigenvalue weighted by Gasteiger charge is -2.15. The Kier molecular flexibility index (Phi) is 2.95. The van der Waals surface area contributed by atoms with Gasteiger partial charge in [-0.05, 0) is 19.8 Å². The summed E-state index contributed by atoms with van der Waals surface area (Å²) >= 11 is 0. The molecule has 80 valence electrons. The van der Waals surface area contributed by atoms with Crippen LogP contribution in [0, 0.1) is 0 Å². The van der Waals surface area contributed by atoms with Crippen LogP contribution in [0.1, 0.15) is 19.8 Å². The van der Waals surface area contributed by atoms with Crippen molar-refractivity contribution in [1.82, 2.24) is 10.6 Å². The van der Waals surface area contributed by atoms with Gasteiger partial charge in [-0.2, -0.15) is 0 Å². The topological polar surface area (TPSA) is 98.7 Å². The Bertz CT molecular complexity index is 248. The first-order valence-electron chi connectivity index (χ1n) is 4.44. The molecule has 1 aliphatic carbocycles. The molecule has 14 heavy (non-hydrogen) atoms. The van der Waals surface area contributed by atoms with E-state index in [1.807, 2.05) is 0 Å².